The molecule has 0 atom stereocenters. The van der Waals surface area contributed by atoms with Gasteiger partial charge in [0, 0.05) is 29.4 Å². The third-order valence-electron chi connectivity index (χ3n) is 5.65. The molecule has 6 nitrogen and oxygen atoms in total. The average Bonchev–Trinajstić information content (AvgIpc) is 3.38. The third kappa shape index (κ3) is 3.52. The number of para-hydroxylation sites is 2. The second kappa shape index (κ2) is 7.84. The van der Waals surface area contributed by atoms with Gasteiger partial charge in [-0.05, 0) is 36.6 Å². The number of imidazole rings is 1. The third-order valence-corrected chi connectivity index (χ3v) is 6.63. The summed E-state index contributed by atoms with van der Waals surface area (Å²) in [5.74, 6) is 0. The van der Waals surface area contributed by atoms with Crippen LogP contribution in [0.3, 0.4) is 0 Å². The molecule has 1 aliphatic rings. The highest BCUT2D eigenvalue weighted by Crippen LogP contribution is 2.30. The molecule has 1 fully saturated rings. The number of H-pyrrole nitrogens is 1. The second-order valence-corrected chi connectivity index (χ2v) is 8.44. The lowest BCUT2D eigenvalue weighted by Crippen LogP contribution is -2.42. The van der Waals surface area contributed by atoms with Crippen molar-refractivity contribution < 1.29 is 4.79 Å². The monoisotopic (exact) mass is 418 g/mol. The first kappa shape index (κ1) is 18.7. The Morgan fingerprint density at radius 2 is 1.77 bits per heavy atom. The number of benzene rings is 2. The van der Waals surface area contributed by atoms with Crippen molar-refractivity contribution in [3.8, 4) is 10.4 Å². The van der Waals surface area contributed by atoms with Crippen LogP contribution in [0.1, 0.15) is 18.9 Å². The second-order valence-electron chi connectivity index (χ2n) is 7.53. The van der Waals surface area contributed by atoms with Gasteiger partial charge in [0.25, 0.3) is 0 Å². The number of carbonyl (C=O) groups excluding carboxylic acids is 1. The van der Waals surface area contributed by atoms with Crippen molar-refractivity contribution in [2.75, 3.05) is 18.4 Å². The molecule has 5 rings (SSSR count). The quantitative estimate of drug-likeness (QED) is 0.495. The number of carbonyl (C=O) groups is 1. The van der Waals surface area contributed by atoms with E-state index in [1.165, 1.54) is 0 Å². The minimum Gasteiger partial charge on any atom is -0.324 e. The molecule has 2 N–H and O–H groups in total. The largest absolute Gasteiger partial charge is 0.326 e. The minimum absolute atomic E-state index is 0.0779. The number of anilines is 1. The van der Waals surface area contributed by atoms with Crippen LogP contribution in [-0.4, -0.2) is 33.6 Å². The van der Waals surface area contributed by atoms with E-state index in [2.05, 4.69) is 22.4 Å². The Morgan fingerprint density at radius 1 is 1.03 bits per heavy atom. The number of rotatable bonds is 3. The molecule has 0 radical (unpaired) electrons. The highest BCUT2D eigenvalue weighted by Gasteiger charge is 2.26. The van der Waals surface area contributed by atoms with Crippen molar-refractivity contribution in [3.05, 3.63) is 76.5 Å². The molecule has 2 aromatic carbocycles. The fourth-order valence-corrected chi connectivity index (χ4v) is 4.97. The fraction of sp³-hybridized carbons (Fsp3) is 0.217. The number of urea groups is 1. The van der Waals surface area contributed by atoms with Crippen molar-refractivity contribution in [3.63, 3.8) is 0 Å². The predicted octanol–water partition coefficient (Wildman–Crippen LogP) is 4.93. The van der Waals surface area contributed by atoms with Crippen LogP contribution < -0.4 is 11.0 Å². The molecule has 2 amide bonds. The van der Waals surface area contributed by atoms with Gasteiger partial charge in [0.2, 0.25) is 0 Å². The predicted molar refractivity (Wildman–Crippen MR) is 121 cm³/mol. The normalized spacial score (nSPS) is 14.9. The number of piperidine rings is 1. The Bertz CT molecular complexity index is 1230. The number of fused-ring (bicyclic) bond motifs is 1. The maximum absolute atomic E-state index is 12.7. The molecule has 152 valence electrons. The lowest BCUT2D eigenvalue weighted by atomic mass is 10.0. The van der Waals surface area contributed by atoms with Gasteiger partial charge in [0.1, 0.15) is 0 Å². The molecule has 4 aromatic rings. The summed E-state index contributed by atoms with van der Waals surface area (Å²) in [5.41, 5.74) is 3.67. The SMILES string of the molecule is O=C(Nc1csc(-c2ccccc2)c1)N1CCC(n2c(=O)[nH]c3ccccc32)CC1. The molecule has 0 unspecified atom stereocenters. The van der Waals surface area contributed by atoms with Gasteiger partial charge in [-0.2, -0.15) is 0 Å². The van der Waals surface area contributed by atoms with Crippen LogP contribution in [0.2, 0.25) is 0 Å². The van der Waals surface area contributed by atoms with Gasteiger partial charge in [0.05, 0.1) is 16.7 Å². The zero-order chi connectivity index (χ0) is 20.5. The number of aromatic nitrogens is 2. The van der Waals surface area contributed by atoms with E-state index in [4.69, 9.17) is 0 Å². The summed E-state index contributed by atoms with van der Waals surface area (Å²) in [6, 6.07) is 19.9. The molecular weight excluding hydrogens is 396 g/mol. The summed E-state index contributed by atoms with van der Waals surface area (Å²) in [6.45, 7) is 1.25. The van der Waals surface area contributed by atoms with E-state index in [-0.39, 0.29) is 17.8 Å². The van der Waals surface area contributed by atoms with E-state index in [1.807, 2.05) is 63.4 Å². The number of likely N-dealkylation sites (tertiary alicyclic amines) is 1. The zero-order valence-corrected chi connectivity index (χ0v) is 17.2. The standard InChI is InChI=1S/C23H22N4O2S/c28-22(24-17-14-21(30-15-17)16-6-2-1-3-7-16)26-12-10-18(11-13-26)27-20-9-5-4-8-19(20)25-23(27)29/h1-9,14-15,18H,10-13H2,(H,24,28)(H,25,29). The number of hydrogen-bond acceptors (Lipinski definition) is 3. The summed E-state index contributed by atoms with van der Waals surface area (Å²) in [6.07, 6.45) is 1.52. The highest BCUT2D eigenvalue weighted by atomic mass is 32.1. The summed E-state index contributed by atoms with van der Waals surface area (Å²) >= 11 is 1.62. The molecular formula is C23H22N4O2S. The summed E-state index contributed by atoms with van der Waals surface area (Å²) in [7, 11) is 0. The van der Waals surface area contributed by atoms with Crippen LogP contribution in [-0.2, 0) is 0 Å². The van der Waals surface area contributed by atoms with Crippen molar-refractivity contribution in [1.29, 1.82) is 0 Å². The lowest BCUT2D eigenvalue weighted by Gasteiger charge is -2.32. The van der Waals surface area contributed by atoms with E-state index < -0.39 is 0 Å². The Balaban J connectivity index is 1.24. The van der Waals surface area contributed by atoms with E-state index in [0.717, 1.165) is 40.0 Å². The number of nitrogens with one attached hydrogen (secondary N) is 2. The molecule has 7 heteroatoms. The van der Waals surface area contributed by atoms with E-state index in [0.29, 0.717) is 13.1 Å². The van der Waals surface area contributed by atoms with Gasteiger partial charge in [-0.3, -0.25) is 4.57 Å². The number of hydrogen-bond donors (Lipinski definition) is 2. The van der Waals surface area contributed by atoms with Crippen molar-refractivity contribution in [1.82, 2.24) is 14.5 Å². The van der Waals surface area contributed by atoms with E-state index in [1.54, 1.807) is 11.3 Å². The molecule has 1 saturated heterocycles. The van der Waals surface area contributed by atoms with Crippen molar-refractivity contribution in [2.24, 2.45) is 0 Å². The van der Waals surface area contributed by atoms with Gasteiger partial charge in [-0.1, -0.05) is 42.5 Å². The topological polar surface area (TPSA) is 70.1 Å². The summed E-state index contributed by atoms with van der Waals surface area (Å²) < 4.78 is 1.84. The van der Waals surface area contributed by atoms with Crippen LogP contribution in [0.4, 0.5) is 10.5 Å². The molecule has 0 saturated carbocycles. The van der Waals surface area contributed by atoms with Crippen molar-refractivity contribution >= 4 is 34.1 Å². The zero-order valence-electron chi connectivity index (χ0n) is 16.4. The maximum Gasteiger partial charge on any atom is 0.326 e. The summed E-state index contributed by atoms with van der Waals surface area (Å²) in [5, 5.41) is 4.99. The van der Waals surface area contributed by atoms with Gasteiger partial charge in [0.15, 0.2) is 0 Å². The molecule has 30 heavy (non-hydrogen) atoms. The molecule has 0 bridgehead atoms. The van der Waals surface area contributed by atoms with Crippen LogP contribution in [0, 0.1) is 0 Å². The fourth-order valence-electron chi connectivity index (χ4n) is 4.12. The first-order chi connectivity index (χ1) is 14.7. The lowest BCUT2D eigenvalue weighted by molar-refractivity contribution is 0.184. The smallest absolute Gasteiger partial charge is 0.324 e. The molecule has 0 spiro atoms. The Hall–Kier alpha value is -3.32. The number of nitrogens with zero attached hydrogens (tertiary/aromatic N) is 2. The Morgan fingerprint density at radius 3 is 2.57 bits per heavy atom. The van der Waals surface area contributed by atoms with Gasteiger partial charge in [-0.25, -0.2) is 9.59 Å². The van der Waals surface area contributed by atoms with Crippen LogP contribution in [0.5, 0.6) is 0 Å². The molecule has 2 aromatic heterocycles. The number of thiophene rings is 1. The van der Waals surface area contributed by atoms with Crippen LogP contribution >= 0.6 is 11.3 Å². The minimum atomic E-state index is -0.0860. The van der Waals surface area contributed by atoms with Gasteiger partial charge < -0.3 is 15.2 Å². The number of amides is 2. The van der Waals surface area contributed by atoms with Crippen LogP contribution in [0.15, 0.2) is 70.8 Å². The van der Waals surface area contributed by atoms with Crippen LogP contribution in [0.25, 0.3) is 21.5 Å². The molecule has 1 aliphatic heterocycles. The Labute approximate surface area is 177 Å². The van der Waals surface area contributed by atoms with Gasteiger partial charge in [-0.15, -0.1) is 11.3 Å². The first-order valence-corrected chi connectivity index (χ1v) is 11.0. The van der Waals surface area contributed by atoms with Crippen molar-refractivity contribution in [2.45, 2.75) is 18.9 Å². The highest BCUT2D eigenvalue weighted by molar-refractivity contribution is 7.14. The first-order valence-electron chi connectivity index (χ1n) is 10.1. The summed E-state index contributed by atoms with van der Waals surface area (Å²) in [4.78, 5) is 31.0. The van der Waals surface area contributed by atoms with E-state index >= 15 is 0 Å². The van der Waals surface area contributed by atoms with Gasteiger partial charge >= 0.3 is 11.7 Å². The Kier molecular flexibility index (Phi) is 4.88. The van der Waals surface area contributed by atoms with E-state index in [9.17, 15) is 9.59 Å². The molecule has 0 aliphatic carbocycles. The maximum atomic E-state index is 12.7. The number of aromatic amines is 1. The molecule has 3 heterocycles. The average molecular weight is 419 g/mol.